The fraction of sp³-hybridized carbons (Fsp3) is 0.583. The second-order valence-electron chi connectivity index (χ2n) is 4.33. The molecular formula is C12H18N2O. The first kappa shape index (κ1) is 10.3. The predicted octanol–water partition coefficient (Wildman–Crippen LogP) is 2.79. The molecule has 1 aromatic heterocycles. The smallest absolute Gasteiger partial charge is 0.149 e. The van der Waals surface area contributed by atoms with Gasteiger partial charge in [0, 0.05) is 18.8 Å². The number of nitrogens with zero attached hydrogens (tertiary/aromatic N) is 1. The molecule has 0 saturated heterocycles. The molecule has 3 nitrogen and oxygen atoms in total. The van der Waals surface area contributed by atoms with Crippen LogP contribution in [-0.2, 0) is 0 Å². The van der Waals surface area contributed by atoms with Crippen molar-refractivity contribution < 1.29 is 4.74 Å². The van der Waals surface area contributed by atoms with Gasteiger partial charge in [-0.05, 0) is 18.8 Å². The Morgan fingerprint density at radius 1 is 1.40 bits per heavy atom. The van der Waals surface area contributed by atoms with Crippen LogP contribution < -0.4 is 10.1 Å². The Morgan fingerprint density at radius 3 is 2.67 bits per heavy atom. The summed E-state index contributed by atoms with van der Waals surface area (Å²) in [4.78, 5) is 4.22. The minimum atomic E-state index is 0.428. The fourth-order valence-electron chi connectivity index (χ4n) is 1.54. The molecule has 15 heavy (non-hydrogen) atoms. The zero-order chi connectivity index (χ0) is 10.8. The summed E-state index contributed by atoms with van der Waals surface area (Å²) in [5.41, 5.74) is 2.18. The third-order valence-electron chi connectivity index (χ3n) is 2.62. The van der Waals surface area contributed by atoms with Crippen LogP contribution in [0, 0.1) is 0 Å². The minimum Gasteiger partial charge on any atom is -0.488 e. The third kappa shape index (κ3) is 2.22. The van der Waals surface area contributed by atoms with Crippen molar-refractivity contribution in [3.05, 3.63) is 18.0 Å². The molecule has 0 amide bonds. The monoisotopic (exact) mass is 206 g/mol. The molecule has 1 aliphatic carbocycles. The molecule has 1 fully saturated rings. The standard InChI is InChI=1S/C12H18N2O/c1-8(2)10-6-14-7-11(13-3)12(10)15-9-4-5-9/h6-9,13H,4-5H2,1-3H3. The number of hydrogen-bond acceptors (Lipinski definition) is 3. The van der Waals surface area contributed by atoms with E-state index in [1.807, 2.05) is 19.4 Å². The number of anilines is 1. The highest BCUT2D eigenvalue weighted by atomic mass is 16.5. The Bertz CT molecular complexity index is 345. The minimum absolute atomic E-state index is 0.428. The molecule has 0 radical (unpaired) electrons. The number of nitrogens with one attached hydrogen (secondary N) is 1. The predicted molar refractivity (Wildman–Crippen MR) is 61.5 cm³/mol. The van der Waals surface area contributed by atoms with Crippen molar-refractivity contribution in [1.29, 1.82) is 0 Å². The lowest BCUT2D eigenvalue weighted by Crippen LogP contribution is -2.05. The van der Waals surface area contributed by atoms with E-state index in [0.717, 1.165) is 11.4 Å². The Hall–Kier alpha value is -1.25. The second kappa shape index (κ2) is 4.09. The Balaban J connectivity index is 2.34. The summed E-state index contributed by atoms with van der Waals surface area (Å²) < 4.78 is 5.94. The van der Waals surface area contributed by atoms with Crippen molar-refractivity contribution in [2.45, 2.75) is 38.7 Å². The van der Waals surface area contributed by atoms with Crippen LogP contribution in [0.3, 0.4) is 0 Å². The number of aromatic nitrogens is 1. The average molecular weight is 206 g/mol. The Kier molecular flexibility index (Phi) is 2.80. The molecule has 1 aliphatic rings. The van der Waals surface area contributed by atoms with Gasteiger partial charge < -0.3 is 10.1 Å². The summed E-state index contributed by atoms with van der Waals surface area (Å²) >= 11 is 0. The van der Waals surface area contributed by atoms with Gasteiger partial charge in [0.1, 0.15) is 5.75 Å². The van der Waals surface area contributed by atoms with Crippen molar-refractivity contribution in [3.8, 4) is 5.75 Å². The summed E-state index contributed by atoms with van der Waals surface area (Å²) in [5.74, 6) is 1.43. The number of hydrogen-bond donors (Lipinski definition) is 1. The summed E-state index contributed by atoms with van der Waals surface area (Å²) in [5, 5.41) is 3.14. The van der Waals surface area contributed by atoms with Crippen LogP contribution in [0.5, 0.6) is 5.75 Å². The van der Waals surface area contributed by atoms with Gasteiger partial charge >= 0.3 is 0 Å². The summed E-state index contributed by atoms with van der Waals surface area (Å²) in [6.45, 7) is 4.33. The van der Waals surface area contributed by atoms with Crippen LogP contribution in [0.4, 0.5) is 5.69 Å². The van der Waals surface area contributed by atoms with Crippen LogP contribution in [0.25, 0.3) is 0 Å². The van der Waals surface area contributed by atoms with Crippen molar-refractivity contribution in [2.75, 3.05) is 12.4 Å². The molecule has 82 valence electrons. The van der Waals surface area contributed by atoms with E-state index < -0.39 is 0 Å². The second-order valence-corrected chi connectivity index (χ2v) is 4.33. The van der Waals surface area contributed by atoms with Gasteiger partial charge in [0.25, 0.3) is 0 Å². The summed E-state index contributed by atoms with van der Waals surface area (Å²) in [7, 11) is 1.90. The number of rotatable bonds is 4. The lowest BCUT2D eigenvalue weighted by Gasteiger charge is -2.16. The molecule has 1 heterocycles. The van der Waals surface area contributed by atoms with Crippen molar-refractivity contribution in [1.82, 2.24) is 4.98 Å². The molecule has 1 N–H and O–H groups in total. The third-order valence-corrected chi connectivity index (χ3v) is 2.62. The highest BCUT2D eigenvalue weighted by Gasteiger charge is 2.26. The maximum atomic E-state index is 5.94. The van der Waals surface area contributed by atoms with Crippen LogP contribution >= 0.6 is 0 Å². The maximum Gasteiger partial charge on any atom is 0.149 e. The van der Waals surface area contributed by atoms with E-state index in [0.29, 0.717) is 12.0 Å². The normalized spacial score (nSPS) is 15.5. The van der Waals surface area contributed by atoms with Crippen molar-refractivity contribution >= 4 is 5.69 Å². The molecule has 1 saturated carbocycles. The van der Waals surface area contributed by atoms with E-state index in [-0.39, 0.29) is 0 Å². The SMILES string of the molecule is CNc1cncc(C(C)C)c1OC1CC1. The van der Waals surface area contributed by atoms with Gasteiger partial charge in [-0.15, -0.1) is 0 Å². The average Bonchev–Trinajstić information content (AvgIpc) is 3.01. The van der Waals surface area contributed by atoms with Gasteiger partial charge in [-0.2, -0.15) is 0 Å². The molecule has 2 rings (SSSR count). The molecule has 0 aromatic carbocycles. The van der Waals surface area contributed by atoms with Crippen molar-refractivity contribution in [2.24, 2.45) is 0 Å². The Labute approximate surface area is 90.9 Å². The van der Waals surface area contributed by atoms with E-state index in [1.54, 1.807) is 0 Å². The quantitative estimate of drug-likeness (QED) is 0.822. The van der Waals surface area contributed by atoms with Gasteiger partial charge in [-0.1, -0.05) is 13.8 Å². The first-order valence-corrected chi connectivity index (χ1v) is 5.54. The first-order chi connectivity index (χ1) is 7.22. The first-order valence-electron chi connectivity index (χ1n) is 5.54. The topological polar surface area (TPSA) is 34.2 Å². The van der Waals surface area contributed by atoms with Gasteiger partial charge in [-0.3, -0.25) is 4.98 Å². The van der Waals surface area contributed by atoms with Crippen LogP contribution in [-0.4, -0.2) is 18.1 Å². The maximum absolute atomic E-state index is 5.94. The van der Waals surface area contributed by atoms with E-state index in [4.69, 9.17) is 4.74 Å². The largest absolute Gasteiger partial charge is 0.488 e. The number of pyridine rings is 1. The van der Waals surface area contributed by atoms with Gasteiger partial charge in [0.05, 0.1) is 18.0 Å². The highest BCUT2D eigenvalue weighted by molar-refractivity contribution is 5.58. The van der Waals surface area contributed by atoms with Gasteiger partial charge in [0.2, 0.25) is 0 Å². The van der Waals surface area contributed by atoms with Gasteiger partial charge in [0.15, 0.2) is 0 Å². The summed E-state index contributed by atoms with van der Waals surface area (Å²) in [6.07, 6.45) is 6.52. The molecule has 0 spiro atoms. The lowest BCUT2D eigenvalue weighted by molar-refractivity contribution is 0.300. The van der Waals surface area contributed by atoms with E-state index in [9.17, 15) is 0 Å². The molecule has 0 atom stereocenters. The van der Waals surface area contributed by atoms with Crippen molar-refractivity contribution in [3.63, 3.8) is 0 Å². The molecule has 0 unspecified atom stereocenters. The van der Waals surface area contributed by atoms with E-state index in [1.165, 1.54) is 18.4 Å². The van der Waals surface area contributed by atoms with Crippen LogP contribution in [0.2, 0.25) is 0 Å². The van der Waals surface area contributed by atoms with Gasteiger partial charge in [-0.25, -0.2) is 0 Å². The molecule has 1 aromatic rings. The zero-order valence-corrected chi connectivity index (χ0v) is 9.58. The molecule has 0 aliphatic heterocycles. The van der Waals surface area contributed by atoms with Crippen LogP contribution in [0.15, 0.2) is 12.4 Å². The highest BCUT2D eigenvalue weighted by Crippen LogP contribution is 2.37. The van der Waals surface area contributed by atoms with Crippen LogP contribution in [0.1, 0.15) is 38.2 Å². The zero-order valence-electron chi connectivity index (χ0n) is 9.58. The van der Waals surface area contributed by atoms with E-state index in [2.05, 4.69) is 24.1 Å². The number of ether oxygens (including phenoxy) is 1. The van der Waals surface area contributed by atoms with E-state index >= 15 is 0 Å². The summed E-state index contributed by atoms with van der Waals surface area (Å²) in [6, 6.07) is 0. The molecule has 3 heteroatoms. The molecule has 0 bridgehead atoms. The fourth-order valence-corrected chi connectivity index (χ4v) is 1.54. The lowest BCUT2D eigenvalue weighted by atomic mass is 10.0. The molecular weight excluding hydrogens is 188 g/mol. The Morgan fingerprint density at radius 2 is 2.13 bits per heavy atom.